The smallest absolute Gasteiger partial charge is 0.160 e. The van der Waals surface area contributed by atoms with E-state index in [2.05, 4.69) is 33.2 Å². The number of pyridine rings is 1. The molecule has 5 aliphatic rings. The lowest BCUT2D eigenvalue weighted by Crippen LogP contribution is -2.50. The van der Waals surface area contributed by atoms with E-state index in [1.54, 1.807) is 12.1 Å². The SMILES string of the molecule is COc1cc2c(cc1O)C(CCC(O)CCc1cc(N)ncc1CC1=CCN=C1)C#CC1(CCC(CC(CCO)C3CNC4CC(=O)CCC4C3)CC1O)C(=O)CC2. The number of Topliss-reactive ketones (excluding diaryl/α,β-unsaturated/α-hetero) is 2. The molecule has 3 fully saturated rings. The number of aliphatic hydroxyl groups is 3. The molecular weight excluding hydrogens is 733 g/mol. The van der Waals surface area contributed by atoms with Crippen molar-refractivity contribution in [2.75, 3.05) is 32.5 Å². The minimum absolute atomic E-state index is 0.00208. The number of piperidine rings is 1. The van der Waals surface area contributed by atoms with Crippen LogP contribution in [0, 0.1) is 40.9 Å². The molecule has 3 aliphatic carbocycles. The highest BCUT2D eigenvalue weighted by Gasteiger charge is 2.48. The first-order chi connectivity index (χ1) is 28.0. The van der Waals surface area contributed by atoms with Gasteiger partial charge >= 0.3 is 0 Å². The van der Waals surface area contributed by atoms with E-state index in [0.29, 0.717) is 112 Å². The van der Waals surface area contributed by atoms with Crippen molar-refractivity contribution in [3.8, 4) is 23.3 Å². The van der Waals surface area contributed by atoms with Gasteiger partial charge in [-0.3, -0.25) is 14.6 Å². The Labute approximate surface area is 343 Å². The van der Waals surface area contributed by atoms with Crippen LogP contribution in [0.25, 0.3) is 0 Å². The lowest BCUT2D eigenvalue weighted by molar-refractivity contribution is -0.134. The summed E-state index contributed by atoms with van der Waals surface area (Å²) in [5.41, 5.74) is 9.82. The summed E-state index contributed by atoms with van der Waals surface area (Å²) in [6.45, 7) is 1.64. The molecule has 9 atom stereocenters. The highest BCUT2D eigenvalue weighted by Crippen LogP contribution is 2.46. The quantitative estimate of drug-likeness (QED) is 0.139. The number of anilines is 1. The predicted octanol–water partition coefficient (Wildman–Crippen LogP) is 5.19. The third kappa shape index (κ3) is 9.68. The average Bonchev–Trinajstić information content (AvgIpc) is 3.74. The Balaban J connectivity index is 1.05. The standard InChI is InChI=1S/C47H62N4O7/c1-58-43-22-34-5-9-44(56)47(14-10-29(20-45(47)57)18-33(13-17-52)37-21-35-4-8-39(54)24-41(35)50-27-37)15-11-31(40(34)25-42(43)55)2-6-38(53)7-3-32-23-46(48)51-28-36(32)19-30-12-16-49-26-30/h12,22-23,25-26,28-29,31,33,35,37-38,41,45,50,52-53,55,57H,2-10,13-14,16-21,24,27H2,1H3,(H2,48,51). The highest BCUT2D eigenvalue weighted by molar-refractivity contribution is 5.89. The van der Waals surface area contributed by atoms with Crippen molar-refractivity contribution in [1.29, 1.82) is 0 Å². The molecule has 7 N–H and O–H groups in total. The van der Waals surface area contributed by atoms with E-state index >= 15 is 0 Å². The molecule has 1 spiro atoms. The number of benzene rings is 1. The summed E-state index contributed by atoms with van der Waals surface area (Å²) in [4.78, 5) is 34.9. The van der Waals surface area contributed by atoms with Gasteiger partial charge in [-0.2, -0.15) is 0 Å². The number of aromatic hydroxyl groups is 1. The minimum Gasteiger partial charge on any atom is -0.504 e. The lowest BCUT2D eigenvalue weighted by atomic mass is 9.63. The van der Waals surface area contributed by atoms with Crippen molar-refractivity contribution in [2.24, 2.45) is 34.1 Å². The fourth-order valence-corrected chi connectivity index (χ4v) is 10.7. The number of phenolic OH excluding ortho intramolecular Hbond substituents is 1. The van der Waals surface area contributed by atoms with Gasteiger partial charge in [0.15, 0.2) is 17.3 Å². The van der Waals surface area contributed by atoms with Crippen molar-refractivity contribution in [1.82, 2.24) is 10.3 Å². The van der Waals surface area contributed by atoms with Gasteiger partial charge in [0.2, 0.25) is 0 Å². The number of aliphatic imine (C=N–C) groups is 1. The van der Waals surface area contributed by atoms with E-state index in [-0.39, 0.29) is 42.4 Å². The lowest BCUT2D eigenvalue weighted by Gasteiger charge is -2.44. The number of nitrogens with zero attached hydrogens (tertiary/aromatic N) is 2. The summed E-state index contributed by atoms with van der Waals surface area (Å²) < 4.78 is 5.46. The van der Waals surface area contributed by atoms with E-state index in [1.165, 1.54) is 7.11 Å². The van der Waals surface area contributed by atoms with Crippen LogP contribution in [0.3, 0.4) is 0 Å². The van der Waals surface area contributed by atoms with E-state index in [0.717, 1.165) is 60.1 Å². The van der Waals surface area contributed by atoms with Crippen molar-refractivity contribution in [3.63, 3.8) is 0 Å². The van der Waals surface area contributed by atoms with Gasteiger partial charge in [-0.05, 0) is 153 Å². The molecule has 3 heterocycles. The van der Waals surface area contributed by atoms with Gasteiger partial charge in [0.1, 0.15) is 17.0 Å². The van der Waals surface area contributed by atoms with Crippen LogP contribution in [-0.4, -0.2) is 88.2 Å². The number of methoxy groups -OCH3 is 1. The van der Waals surface area contributed by atoms with E-state index < -0.39 is 17.6 Å². The number of hydrogen-bond acceptors (Lipinski definition) is 11. The summed E-state index contributed by atoms with van der Waals surface area (Å²) in [6, 6.07) is 5.64. The molecule has 1 aromatic heterocycles. The maximum atomic E-state index is 14.3. The summed E-state index contributed by atoms with van der Waals surface area (Å²) >= 11 is 0. The van der Waals surface area contributed by atoms with Crippen LogP contribution < -0.4 is 15.8 Å². The van der Waals surface area contributed by atoms with Gasteiger partial charge in [-0.15, -0.1) is 0 Å². The fourth-order valence-electron chi connectivity index (χ4n) is 10.7. The number of aryl methyl sites for hydroxylation is 2. The van der Waals surface area contributed by atoms with Gasteiger partial charge in [-0.1, -0.05) is 17.9 Å². The second kappa shape index (κ2) is 18.9. The summed E-state index contributed by atoms with van der Waals surface area (Å²) in [6.07, 6.45) is 14.2. The van der Waals surface area contributed by atoms with Gasteiger partial charge in [0, 0.05) is 56.7 Å². The van der Waals surface area contributed by atoms with Crippen molar-refractivity contribution >= 4 is 23.6 Å². The van der Waals surface area contributed by atoms with E-state index in [9.17, 15) is 30.0 Å². The maximum Gasteiger partial charge on any atom is 0.160 e. The molecule has 7 rings (SSSR count). The molecule has 58 heavy (non-hydrogen) atoms. The molecule has 1 aromatic carbocycles. The minimum atomic E-state index is -1.20. The normalized spacial score (nSPS) is 29.3. The molecule has 11 nitrogen and oxygen atoms in total. The zero-order valence-electron chi connectivity index (χ0n) is 34.0. The molecule has 11 heteroatoms. The average molecular weight is 795 g/mol. The molecule has 2 aliphatic heterocycles. The molecule has 2 aromatic rings. The van der Waals surface area contributed by atoms with Crippen LogP contribution in [0.1, 0.15) is 112 Å². The first kappa shape index (κ1) is 42.1. The number of nitrogens with two attached hydrogens (primary N) is 1. The molecule has 0 bridgehead atoms. The van der Waals surface area contributed by atoms with Crippen LogP contribution in [0.4, 0.5) is 5.82 Å². The number of aliphatic hydroxyl groups excluding tert-OH is 3. The van der Waals surface area contributed by atoms with Gasteiger partial charge in [0.05, 0.1) is 25.9 Å². The Hall–Kier alpha value is -4.08. The largest absolute Gasteiger partial charge is 0.504 e. The molecular formula is C47H62N4O7. The van der Waals surface area contributed by atoms with Crippen molar-refractivity contribution in [2.45, 2.75) is 127 Å². The number of aromatic nitrogens is 1. The number of allylic oxidation sites excluding steroid dienone is 1. The summed E-state index contributed by atoms with van der Waals surface area (Å²) in [7, 11) is 1.50. The maximum absolute atomic E-state index is 14.3. The molecule has 0 radical (unpaired) electrons. The third-order valence-electron chi connectivity index (χ3n) is 14.1. The van der Waals surface area contributed by atoms with E-state index in [4.69, 9.17) is 10.5 Å². The number of ether oxygens (including phenoxy) is 1. The van der Waals surface area contributed by atoms with Gasteiger partial charge in [0.25, 0.3) is 0 Å². The fraction of sp³-hybridized carbons (Fsp3) is 0.617. The first-order valence-electron chi connectivity index (χ1n) is 21.6. The highest BCUT2D eigenvalue weighted by atomic mass is 16.5. The van der Waals surface area contributed by atoms with Crippen LogP contribution in [0.15, 0.2) is 41.0 Å². The molecule has 312 valence electrons. The topological polar surface area (TPSA) is 188 Å². The van der Waals surface area contributed by atoms with Crippen molar-refractivity contribution < 1.29 is 34.8 Å². The second-order valence-corrected chi connectivity index (χ2v) is 17.8. The number of ketones is 2. The number of carbonyl (C=O) groups excluding carboxylic acids is 2. The Kier molecular flexibility index (Phi) is 13.7. The summed E-state index contributed by atoms with van der Waals surface area (Å²) in [5.74, 6) is 8.88. The van der Waals surface area contributed by atoms with E-state index in [1.807, 2.05) is 18.5 Å². The predicted molar refractivity (Wildman–Crippen MR) is 224 cm³/mol. The zero-order chi connectivity index (χ0) is 40.8. The number of carbonyl (C=O) groups is 2. The van der Waals surface area contributed by atoms with Crippen LogP contribution in [0.5, 0.6) is 11.5 Å². The zero-order valence-corrected chi connectivity index (χ0v) is 34.0. The Morgan fingerprint density at radius 3 is 2.72 bits per heavy atom. The van der Waals surface area contributed by atoms with Crippen LogP contribution >= 0.6 is 0 Å². The number of nitrogen functional groups attached to an aromatic ring is 1. The Morgan fingerprint density at radius 1 is 1.09 bits per heavy atom. The molecule has 2 saturated carbocycles. The number of rotatable bonds is 14. The molecule has 0 amide bonds. The van der Waals surface area contributed by atoms with Crippen LogP contribution in [0.2, 0.25) is 0 Å². The van der Waals surface area contributed by atoms with Gasteiger partial charge in [-0.25, -0.2) is 4.98 Å². The van der Waals surface area contributed by atoms with Gasteiger partial charge < -0.3 is 36.2 Å². The van der Waals surface area contributed by atoms with Crippen molar-refractivity contribution in [3.05, 3.63) is 58.3 Å². The Morgan fingerprint density at radius 2 is 1.95 bits per heavy atom. The Bertz CT molecular complexity index is 1930. The second-order valence-electron chi connectivity index (χ2n) is 17.8. The number of nitrogens with one attached hydrogen (secondary N) is 1. The summed E-state index contributed by atoms with van der Waals surface area (Å²) in [5, 5.41) is 48.0. The third-order valence-corrected chi connectivity index (χ3v) is 14.1. The number of phenols is 1. The monoisotopic (exact) mass is 794 g/mol. The molecule has 9 unspecified atom stereocenters. The van der Waals surface area contributed by atoms with Crippen LogP contribution in [-0.2, 0) is 28.9 Å². The number of hydrogen-bond donors (Lipinski definition) is 6. The first-order valence-corrected chi connectivity index (χ1v) is 21.6. The molecule has 1 saturated heterocycles. The number of fused-ring (bicyclic) bond motifs is 2.